The molecule has 23 heavy (non-hydrogen) atoms. The van der Waals surface area contributed by atoms with Crippen LogP contribution in [0, 0.1) is 6.92 Å². The van der Waals surface area contributed by atoms with Crippen molar-refractivity contribution < 1.29 is 9.59 Å². The molecule has 0 bridgehead atoms. The molecule has 0 aromatic heterocycles. The zero-order valence-electron chi connectivity index (χ0n) is 13.7. The van der Waals surface area contributed by atoms with E-state index in [4.69, 9.17) is 5.73 Å². The Morgan fingerprint density at radius 1 is 1.22 bits per heavy atom. The van der Waals surface area contributed by atoms with Crippen molar-refractivity contribution in [2.24, 2.45) is 5.73 Å². The van der Waals surface area contributed by atoms with E-state index >= 15 is 0 Å². The maximum Gasteiger partial charge on any atom is 0.239 e. The highest BCUT2D eigenvalue weighted by molar-refractivity contribution is 5.85. The van der Waals surface area contributed by atoms with Crippen LogP contribution < -0.4 is 16.4 Å². The Bertz CT molecular complexity index is 539. The van der Waals surface area contributed by atoms with E-state index in [1.165, 1.54) is 11.1 Å². The average Bonchev–Trinajstić information content (AvgIpc) is 2.56. The lowest BCUT2D eigenvalue weighted by molar-refractivity contribution is -0.125. The van der Waals surface area contributed by atoms with Crippen LogP contribution in [0.2, 0.25) is 0 Å². The van der Waals surface area contributed by atoms with Crippen LogP contribution in [0.1, 0.15) is 24.0 Å². The zero-order valence-corrected chi connectivity index (χ0v) is 13.7. The molecule has 1 saturated heterocycles. The van der Waals surface area contributed by atoms with Gasteiger partial charge in [-0.15, -0.1) is 0 Å². The van der Waals surface area contributed by atoms with Gasteiger partial charge in [0, 0.05) is 25.7 Å². The highest BCUT2D eigenvalue weighted by Gasteiger charge is 2.21. The summed E-state index contributed by atoms with van der Waals surface area (Å²) in [6.45, 7) is 4.94. The van der Waals surface area contributed by atoms with Crippen LogP contribution in [0.3, 0.4) is 0 Å². The number of nitrogens with one attached hydrogen (secondary N) is 2. The van der Waals surface area contributed by atoms with E-state index in [1.807, 2.05) is 0 Å². The van der Waals surface area contributed by atoms with E-state index in [0.717, 1.165) is 32.5 Å². The van der Waals surface area contributed by atoms with E-state index in [9.17, 15) is 9.59 Å². The van der Waals surface area contributed by atoms with Crippen molar-refractivity contribution in [1.82, 2.24) is 15.5 Å². The molecule has 0 unspecified atom stereocenters. The number of nitrogens with two attached hydrogens (primary N) is 1. The molecular weight excluding hydrogens is 292 g/mol. The summed E-state index contributed by atoms with van der Waals surface area (Å²) >= 11 is 0. The lowest BCUT2D eigenvalue weighted by Gasteiger charge is -2.32. The normalized spacial score (nSPS) is 16.1. The standard InChI is InChI=1S/C17H26N4O2/c1-13-4-2-3-5-14(13)12-21-8-6-15(7-9-21)20-17(23)11-19-16(22)10-18/h2-5,15H,6-12,18H2,1H3,(H,19,22)(H,20,23). The van der Waals surface area contributed by atoms with Gasteiger partial charge in [0.25, 0.3) is 0 Å². The maximum absolute atomic E-state index is 11.8. The Hall–Kier alpha value is -1.92. The monoisotopic (exact) mass is 318 g/mol. The summed E-state index contributed by atoms with van der Waals surface area (Å²) in [6, 6.07) is 8.63. The Kier molecular flexibility index (Phi) is 6.55. The number of amides is 2. The number of hydrogen-bond donors (Lipinski definition) is 3. The fraction of sp³-hybridized carbons (Fsp3) is 0.529. The van der Waals surface area contributed by atoms with Crippen LogP contribution in [0.5, 0.6) is 0 Å². The maximum atomic E-state index is 11.8. The van der Waals surface area contributed by atoms with Crippen molar-refractivity contribution in [2.75, 3.05) is 26.2 Å². The fourth-order valence-corrected chi connectivity index (χ4v) is 2.79. The van der Waals surface area contributed by atoms with E-state index in [2.05, 4.69) is 46.7 Å². The van der Waals surface area contributed by atoms with Crippen LogP contribution in [0.25, 0.3) is 0 Å². The molecule has 0 spiro atoms. The van der Waals surface area contributed by atoms with Gasteiger partial charge in [-0.2, -0.15) is 0 Å². The lowest BCUT2D eigenvalue weighted by Crippen LogP contribution is -2.47. The molecule has 1 aromatic rings. The van der Waals surface area contributed by atoms with Crippen molar-refractivity contribution in [3.8, 4) is 0 Å². The summed E-state index contributed by atoms with van der Waals surface area (Å²) < 4.78 is 0. The molecule has 2 amide bonds. The van der Waals surface area contributed by atoms with Crippen molar-refractivity contribution in [2.45, 2.75) is 32.4 Å². The number of likely N-dealkylation sites (tertiary alicyclic amines) is 1. The Balaban J connectivity index is 1.70. The Morgan fingerprint density at radius 3 is 2.57 bits per heavy atom. The van der Waals surface area contributed by atoms with Gasteiger partial charge in [-0.3, -0.25) is 14.5 Å². The summed E-state index contributed by atoms with van der Waals surface area (Å²) in [4.78, 5) is 25.2. The third-order valence-electron chi connectivity index (χ3n) is 4.24. The predicted octanol–water partition coefficient (Wildman–Crippen LogP) is 0.151. The number of benzene rings is 1. The number of aryl methyl sites for hydroxylation is 1. The van der Waals surface area contributed by atoms with Gasteiger partial charge in [-0.05, 0) is 30.9 Å². The molecule has 0 radical (unpaired) electrons. The van der Waals surface area contributed by atoms with Crippen molar-refractivity contribution in [1.29, 1.82) is 0 Å². The third kappa shape index (κ3) is 5.65. The van der Waals surface area contributed by atoms with Gasteiger partial charge in [0.2, 0.25) is 11.8 Å². The van der Waals surface area contributed by atoms with Gasteiger partial charge in [-0.1, -0.05) is 24.3 Å². The molecule has 1 aliphatic heterocycles. The molecule has 1 fully saturated rings. The van der Waals surface area contributed by atoms with Gasteiger partial charge in [-0.25, -0.2) is 0 Å². The fourth-order valence-electron chi connectivity index (χ4n) is 2.79. The molecule has 4 N–H and O–H groups in total. The first-order chi connectivity index (χ1) is 11.1. The molecule has 2 rings (SSSR count). The van der Waals surface area contributed by atoms with Gasteiger partial charge < -0.3 is 16.4 Å². The highest BCUT2D eigenvalue weighted by atomic mass is 16.2. The van der Waals surface area contributed by atoms with Crippen molar-refractivity contribution in [3.63, 3.8) is 0 Å². The number of carbonyl (C=O) groups excluding carboxylic acids is 2. The lowest BCUT2D eigenvalue weighted by atomic mass is 10.0. The van der Waals surface area contributed by atoms with Crippen LogP contribution in [-0.4, -0.2) is 48.9 Å². The quantitative estimate of drug-likeness (QED) is 0.697. The second-order valence-electron chi connectivity index (χ2n) is 6.03. The molecular formula is C17H26N4O2. The topological polar surface area (TPSA) is 87.5 Å². The number of nitrogens with zero attached hydrogens (tertiary/aromatic N) is 1. The Morgan fingerprint density at radius 2 is 1.91 bits per heavy atom. The molecule has 0 atom stereocenters. The average molecular weight is 318 g/mol. The largest absolute Gasteiger partial charge is 0.352 e. The number of piperidine rings is 1. The summed E-state index contributed by atoms with van der Waals surface area (Å²) in [5.41, 5.74) is 7.86. The third-order valence-corrected chi connectivity index (χ3v) is 4.24. The molecule has 0 saturated carbocycles. The predicted molar refractivity (Wildman–Crippen MR) is 89.7 cm³/mol. The van der Waals surface area contributed by atoms with Crippen molar-refractivity contribution in [3.05, 3.63) is 35.4 Å². The molecule has 1 heterocycles. The first-order valence-corrected chi connectivity index (χ1v) is 8.11. The highest BCUT2D eigenvalue weighted by Crippen LogP contribution is 2.16. The minimum atomic E-state index is -0.312. The van der Waals surface area contributed by atoms with Gasteiger partial charge in [0.05, 0.1) is 13.1 Å². The Labute approximate surface area is 137 Å². The van der Waals surface area contributed by atoms with Gasteiger partial charge >= 0.3 is 0 Å². The molecule has 1 aromatic carbocycles. The molecule has 0 aliphatic carbocycles. The second kappa shape index (κ2) is 8.64. The number of hydrogen-bond acceptors (Lipinski definition) is 4. The van der Waals surface area contributed by atoms with Crippen LogP contribution in [0.4, 0.5) is 0 Å². The van der Waals surface area contributed by atoms with Gasteiger partial charge in [0.15, 0.2) is 0 Å². The second-order valence-corrected chi connectivity index (χ2v) is 6.03. The summed E-state index contributed by atoms with van der Waals surface area (Å²) in [5, 5.41) is 5.46. The van der Waals surface area contributed by atoms with E-state index in [-0.39, 0.29) is 30.9 Å². The summed E-state index contributed by atoms with van der Waals surface area (Å²) in [7, 11) is 0. The van der Waals surface area contributed by atoms with E-state index in [1.54, 1.807) is 0 Å². The smallest absolute Gasteiger partial charge is 0.239 e. The first kappa shape index (κ1) is 17.4. The molecule has 6 nitrogen and oxygen atoms in total. The SMILES string of the molecule is Cc1ccccc1CN1CCC(NC(=O)CNC(=O)CN)CC1. The van der Waals surface area contributed by atoms with Crippen LogP contribution in [-0.2, 0) is 16.1 Å². The molecule has 1 aliphatic rings. The zero-order chi connectivity index (χ0) is 16.7. The summed E-state index contributed by atoms with van der Waals surface area (Å²) in [6.07, 6.45) is 1.87. The van der Waals surface area contributed by atoms with Gasteiger partial charge in [0.1, 0.15) is 0 Å². The minimum Gasteiger partial charge on any atom is -0.352 e. The minimum absolute atomic E-state index is 0.000538. The molecule has 126 valence electrons. The molecule has 6 heteroatoms. The number of carbonyl (C=O) groups is 2. The van der Waals surface area contributed by atoms with Crippen LogP contribution in [0.15, 0.2) is 24.3 Å². The summed E-state index contributed by atoms with van der Waals surface area (Å²) in [5.74, 6) is -0.461. The van der Waals surface area contributed by atoms with Crippen molar-refractivity contribution >= 4 is 11.8 Å². The number of rotatable bonds is 6. The first-order valence-electron chi connectivity index (χ1n) is 8.11. The van der Waals surface area contributed by atoms with Crippen LogP contribution >= 0.6 is 0 Å². The van der Waals surface area contributed by atoms with E-state index < -0.39 is 0 Å². The van der Waals surface area contributed by atoms with E-state index in [0.29, 0.717) is 0 Å².